The highest BCUT2D eigenvalue weighted by atomic mass is 19.4. The second-order valence-electron chi connectivity index (χ2n) is 6.17. The summed E-state index contributed by atoms with van der Waals surface area (Å²) in [4.78, 5) is 16.5. The Labute approximate surface area is 166 Å². The number of rotatable bonds is 5. The van der Waals surface area contributed by atoms with Crippen molar-refractivity contribution in [1.29, 1.82) is 0 Å². The first-order valence-electron chi connectivity index (χ1n) is 8.59. The maximum absolute atomic E-state index is 12.5. The number of benzene rings is 2. The van der Waals surface area contributed by atoms with Crippen LogP contribution in [-0.4, -0.2) is 30.0 Å². The molecule has 0 bridgehead atoms. The van der Waals surface area contributed by atoms with Gasteiger partial charge in [0.1, 0.15) is 22.6 Å². The fraction of sp³-hybridized carbons (Fsp3) is 0.150. The van der Waals surface area contributed by atoms with E-state index in [0.29, 0.717) is 16.7 Å². The molecule has 4 rings (SSSR count). The molecule has 30 heavy (non-hydrogen) atoms. The van der Waals surface area contributed by atoms with E-state index in [1.165, 1.54) is 31.4 Å². The van der Waals surface area contributed by atoms with Crippen LogP contribution in [0.25, 0.3) is 33.8 Å². The summed E-state index contributed by atoms with van der Waals surface area (Å²) < 4.78 is 57.9. The number of para-hydroxylation sites is 1. The Kier molecular flexibility index (Phi) is 4.90. The number of fused-ring (bicyclic) bond motifs is 1. The number of hydrogen-bond donors (Lipinski definition) is 0. The van der Waals surface area contributed by atoms with Crippen molar-refractivity contribution in [2.24, 2.45) is 0 Å². The average Bonchev–Trinajstić information content (AvgIpc) is 3.20. The lowest BCUT2D eigenvalue weighted by Crippen LogP contribution is -2.19. The van der Waals surface area contributed by atoms with Crippen molar-refractivity contribution in [2.45, 2.75) is 6.18 Å². The van der Waals surface area contributed by atoms with Gasteiger partial charge in [-0.05, 0) is 30.3 Å². The van der Waals surface area contributed by atoms with Crippen LogP contribution in [0.2, 0.25) is 0 Å². The van der Waals surface area contributed by atoms with Gasteiger partial charge >= 0.3 is 11.8 Å². The number of alkyl halides is 3. The lowest BCUT2D eigenvalue weighted by Gasteiger charge is -2.11. The molecular formula is C20H13F3N2O5. The van der Waals surface area contributed by atoms with Gasteiger partial charge in [0.15, 0.2) is 6.61 Å². The van der Waals surface area contributed by atoms with E-state index in [9.17, 15) is 18.0 Å². The van der Waals surface area contributed by atoms with Crippen molar-refractivity contribution < 1.29 is 31.6 Å². The van der Waals surface area contributed by atoms with E-state index in [2.05, 4.69) is 10.1 Å². The molecule has 0 atom stereocenters. The maximum atomic E-state index is 12.5. The van der Waals surface area contributed by atoms with Gasteiger partial charge in [-0.3, -0.25) is 0 Å². The highest BCUT2D eigenvalue weighted by Crippen LogP contribution is 2.31. The van der Waals surface area contributed by atoms with Gasteiger partial charge in [0.2, 0.25) is 5.82 Å². The quantitative estimate of drug-likeness (QED) is 0.442. The average molecular weight is 418 g/mol. The number of halogens is 3. The molecule has 0 unspecified atom stereocenters. The molecule has 2 aromatic carbocycles. The molecule has 0 saturated heterocycles. The Balaban J connectivity index is 1.70. The van der Waals surface area contributed by atoms with Crippen LogP contribution in [0.1, 0.15) is 0 Å². The minimum Gasteiger partial charge on any atom is -0.497 e. The van der Waals surface area contributed by atoms with Crippen LogP contribution in [0.4, 0.5) is 13.2 Å². The van der Waals surface area contributed by atoms with E-state index in [4.69, 9.17) is 18.4 Å². The largest absolute Gasteiger partial charge is 0.497 e. The van der Waals surface area contributed by atoms with Crippen LogP contribution >= 0.6 is 0 Å². The van der Waals surface area contributed by atoms with Crippen LogP contribution < -0.4 is 15.1 Å². The molecule has 0 saturated carbocycles. The topological polar surface area (TPSA) is 87.6 Å². The summed E-state index contributed by atoms with van der Waals surface area (Å²) in [7, 11) is 1.49. The van der Waals surface area contributed by atoms with Crippen molar-refractivity contribution in [1.82, 2.24) is 10.1 Å². The highest BCUT2D eigenvalue weighted by Gasteiger charge is 2.29. The van der Waals surface area contributed by atoms with Gasteiger partial charge in [-0.25, -0.2) is 4.79 Å². The third-order valence-corrected chi connectivity index (χ3v) is 4.12. The Morgan fingerprint density at radius 3 is 2.63 bits per heavy atom. The normalized spacial score (nSPS) is 11.6. The van der Waals surface area contributed by atoms with Crippen LogP contribution in [0, 0.1) is 0 Å². The molecule has 0 radical (unpaired) electrons. The van der Waals surface area contributed by atoms with Crippen molar-refractivity contribution in [3.05, 3.63) is 59.0 Å². The number of hydrogen-bond acceptors (Lipinski definition) is 7. The Morgan fingerprint density at radius 1 is 1.07 bits per heavy atom. The van der Waals surface area contributed by atoms with Crippen molar-refractivity contribution in [3.8, 4) is 34.3 Å². The van der Waals surface area contributed by atoms with Crippen molar-refractivity contribution >= 4 is 11.0 Å². The van der Waals surface area contributed by atoms with Crippen LogP contribution in [0.15, 0.2) is 62.3 Å². The summed E-state index contributed by atoms with van der Waals surface area (Å²) in [5.41, 5.74) is -0.201. The first-order valence-corrected chi connectivity index (χ1v) is 8.59. The van der Waals surface area contributed by atoms with E-state index in [1.54, 1.807) is 24.3 Å². The minimum atomic E-state index is -4.50. The molecule has 0 aliphatic rings. The highest BCUT2D eigenvalue weighted by molar-refractivity contribution is 5.81. The summed E-state index contributed by atoms with van der Waals surface area (Å²) >= 11 is 0. The summed E-state index contributed by atoms with van der Waals surface area (Å²) in [5, 5.41) is 4.36. The molecule has 2 aromatic heterocycles. The molecular weight excluding hydrogens is 405 g/mol. The molecule has 0 spiro atoms. The number of methoxy groups -OCH3 is 1. The monoisotopic (exact) mass is 418 g/mol. The van der Waals surface area contributed by atoms with Crippen LogP contribution in [-0.2, 0) is 0 Å². The molecule has 10 heteroatoms. The van der Waals surface area contributed by atoms with Gasteiger partial charge in [-0.2, -0.15) is 18.2 Å². The Bertz CT molecular complexity index is 1260. The van der Waals surface area contributed by atoms with Gasteiger partial charge in [-0.1, -0.05) is 17.3 Å². The summed E-state index contributed by atoms with van der Waals surface area (Å²) in [6, 6.07) is 12.4. The molecule has 2 heterocycles. The number of aromatic nitrogens is 2. The number of ether oxygens (including phenoxy) is 2. The predicted octanol–water partition coefficient (Wildman–Crippen LogP) is 4.46. The maximum Gasteiger partial charge on any atom is 0.422 e. The third-order valence-electron chi connectivity index (χ3n) is 4.12. The van der Waals surface area contributed by atoms with Gasteiger partial charge in [0.05, 0.1) is 12.7 Å². The zero-order valence-corrected chi connectivity index (χ0v) is 15.4. The fourth-order valence-electron chi connectivity index (χ4n) is 2.75. The molecule has 0 fully saturated rings. The molecule has 154 valence electrons. The first-order chi connectivity index (χ1) is 14.3. The van der Waals surface area contributed by atoms with Gasteiger partial charge < -0.3 is 18.4 Å². The van der Waals surface area contributed by atoms with Crippen molar-refractivity contribution in [2.75, 3.05) is 13.7 Å². The lowest BCUT2D eigenvalue weighted by atomic mass is 10.1. The summed E-state index contributed by atoms with van der Waals surface area (Å²) in [6.07, 6.45) is -4.50. The predicted molar refractivity (Wildman–Crippen MR) is 99.3 cm³/mol. The third kappa shape index (κ3) is 3.97. The zero-order chi connectivity index (χ0) is 21.3. The summed E-state index contributed by atoms with van der Waals surface area (Å²) in [6.45, 7) is -1.47. The SMILES string of the molecule is COc1ccc2cc(-c3nc(-c4ccccc4OCC(F)(F)F)no3)c(=O)oc2c1. The summed E-state index contributed by atoms with van der Waals surface area (Å²) in [5.74, 6) is 0.285. The standard InChI is InChI=1S/C20H13F3N2O5/c1-27-12-7-6-11-8-14(19(26)29-16(11)9-12)18-24-17(25-30-18)13-4-2-3-5-15(13)28-10-20(21,22)23/h2-9H,10H2,1H3. The van der Waals surface area contributed by atoms with Crippen LogP contribution in [0.3, 0.4) is 0 Å². The zero-order valence-electron chi connectivity index (χ0n) is 15.4. The van der Waals surface area contributed by atoms with Gasteiger partial charge in [-0.15, -0.1) is 0 Å². The Hall–Kier alpha value is -3.82. The van der Waals surface area contributed by atoms with Gasteiger partial charge in [0.25, 0.3) is 5.89 Å². The fourth-order valence-corrected chi connectivity index (χ4v) is 2.75. The number of nitrogens with zero attached hydrogens (tertiary/aromatic N) is 2. The van der Waals surface area contributed by atoms with E-state index in [1.807, 2.05) is 0 Å². The second-order valence-corrected chi connectivity index (χ2v) is 6.17. The van der Waals surface area contributed by atoms with E-state index in [-0.39, 0.29) is 28.6 Å². The minimum absolute atomic E-state index is 0.0140. The van der Waals surface area contributed by atoms with Crippen LogP contribution in [0.5, 0.6) is 11.5 Å². The van der Waals surface area contributed by atoms with E-state index >= 15 is 0 Å². The molecule has 7 nitrogen and oxygen atoms in total. The van der Waals surface area contributed by atoms with Gasteiger partial charge in [0, 0.05) is 11.5 Å². The Morgan fingerprint density at radius 2 is 1.87 bits per heavy atom. The van der Waals surface area contributed by atoms with E-state index in [0.717, 1.165) is 0 Å². The lowest BCUT2D eigenvalue weighted by molar-refractivity contribution is -0.153. The molecule has 0 aliphatic heterocycles. The molecule has 0 N–H and O–H groups in total. The molecule has 0 amide bonds. The molecule has 0 aliphatic carbocycles. The molecule has 4 aromatic rings. The van der Waals surface area contributed by atoms with E-state index < -0.39 is 18.4 Å². The first kappa shape index (κ1) is 19.5. The second kappa shape index (κ2) is 7.54. The van der Waals surface area contributed by atoms with Crippen molar-refractivity contribution in [3.63, 3.8) is 0 Å². The smallest absolute Gasteiger partial charge is 0.422 e.